The average Bonchev–Trinajstić information content (AvgIpc) is 2.50. The lowest BCUT2D eigenvalue weighted by Gasteiger charge is -2.25. The molecule has 4 heteroatoms. The molecule has 0 heterocycles. The summed E-state index contributed by atoms with van der Waals surface area (Å²) in [5.41, 5.74) is 2.06. The molecule has 0 aromatic heterocycles. The van der Waals surface area contributed by atoms with E-state index in [1.165, 1.54) is 0 Å². The normalized spacial score (nSPS) is 13.9. The van der Waals surface area contributed by atoms with Gasteiger partial charge in [-0.1, -0.05) is 66.5 Å². The van der Waals surface area contributed by atoms with Gasteiger partial charge in [-0.3, -0.25) is 0 Å². The summed E-state index contributed by atoms with van der Waals surface area (Å²) in [5, 5.41) is 14.4. The molecule has 0 aliphatic carbocycles. The van der Waals surface area contributed by atoms with E-state index in [-0.39, 0.29) is 18.7 Å². The highest BCUT2D eigenvalue weighted by atomic mass is 35.5. The molecule has 2 N–H and O–H groups in total. The molecule has 0 amide bonds. The van der Waals surface area contributed by atoms with E-state index in [1.807, 2.05) is 42.5 Å². The van der Waals surface area contributed by atoms with E-state index in [0.29, 0.717) is 10.0 Å². The van der Waals surface area contributed by atoms with Gasteiger partial charge in [-0.2, -0.15) is 0 Å². The van der Waals surface area contributed by atoms with Crippen molar-refractivity contribution >= 4 is 23.2 Å². The smallest absolute Gasteiger partial charge is 0.0626 e. The van der Waals surface area contributed by atoms with Gasteiger partial charge in [-0.25, -0.2) is 0 Å². The zero-order valence-electron chi connectivity index (χ0n) is 11.9. The van der Waals surface area contributed by atoms with Crippen LogP contribution in [0.1, 0.15) is 36.6 Å². The van der Waals surface area contributed by atoms with Crippen LogP contribution in [0.15, 0.2) is 48.5 Å². The number of rotatable bonds is 6. The molecule has 21 heavy (non-hydrogen) atoms. The van der Waals surface area contributed by atoms with Crippen LogP contribution in [-0.4, -0.2) is 11.7 Å². The van der Waals surface area contributed by atoms with Crippen molar-refractivity contribution < 1.29 is 5.11 Å². The lowest BCUT2D eigenvalue weighted by atomic mass is 10.0. The van der Waals surface area contributed by atoms with E-state index in [4.69, 9.17) is 23.2 Å². The highest BCUT2D eigenvalue weighted by molar-refractivity contribution is 6.35. The summed E-state index contributed by atoms with van der Waals surface area (Å²) in [6, 6.07) is 15.4. The minimum Gasteiger partial charge on any atom is -0.394 e. The van der Waals surface area contributed by atoms with Crippen molar-refractivity contribution in [1.82, 2.24) is 5.32 Å². The Morgan fingerprint density at radius 1 is 1.05 bits per heavy atom. The van der Waals surface area contributed by atoms with Crippen LogP contribution in [-0.2, 0) is 0 Å². The van der Waals surface area contributed by atoms with Crippen molar-refractivity contribution in [1.29, 1.82) is 0 Å². The van der Waals surface area contributed by atoms with Crippen molar-refractivity contribution in [2.75, 3.05) is 6.61 Å². The van der Waals surface area contributed by atoms with Crippen molar-refractivity contribution in [3.05, 3.63) is 69.7 Å². The first kappa shape index (κ1) is 16.3. The number of benzene rings is 2. The van der Waals surface area contributed by atoms with Crippen molar-refractivity contribution in [3.63, 3.8) is 0 Å². The van der Waals surface area contributed by atoms with Crippen LogP contribution in [0.2, 0.25) is 10.0 Å². The van der Waals surface area contributed by atoms with Crippen molar-refractivity contribution in [3.8, 4) is 0 Å². The first-order valence-corrected chi connectivity index (χ1v) is 7.78. The number of aliphatic hydroxyl groups is 1. The van der Waals surface area contributed by atoms with E-state index < -0.39 is 0 Å². The van der Waals surface area contributed by atoms with Crippen LogP contribution in [0.3, 0.4) is 0 Å². The second-order valence-electron chi connectivity index (χ2n) is 4.94. The van der Waals surface area contributed by atoms with Crippen LogP contribution in [0.25, 0.3) is 0 Å². The van der Waals surface area contributed by atoms with Gasteiger partial charge in [-0.15, -0.1) is 0 Å². The monoisotopic (exact) mass is 323 g/mol. The molecule has 2 atom stereocenters. The van der Waals surface area contributed by atoms with Crippen LogP contribution in [0.5, 0.6) is 0 Å². The summed E-state index contributed by atoms with van der Waals surface area (Å²) in [6.07, 6.45) is 0.866. The quantitative estimate of drug-likeness (QED) is 0.802. The molecule has 112 valence electrons. The van der Waals surface area contributed by atoms with E-state index in [2.05, 4.69) is 12.2 Å². The molecule has 0 aliphatic heterocycles. The first-order chi connectivity index (χ1) is 10.2. The maximum Gasteiger partial charge on any atom is 0.0626 e. The fourth-order valence-corrected chi connectivity index (χ4v) is 2.93. The Kier molecular flexibility index (Phi) is 6.07. The molecule has 2 nitrogen and oxygen atoms in total. The minimum atomic E-state index is -0.122. The van der Waals surface area contributed by atoms with E-state index in [1.54, 1.807) is 6.07 Å². The SMILES string of the molecule is CCC(N[C@@H](CO)c1ccccc1)c1ccc(Cl)cc1Cl. The summed E-state index contributed by atoms with van der Waals surface area (Å²) in [6.45, 7) is 2.12. The summed E-state index contributed by atoms with van der Waals surface area (Å²) in [5.74, 6) is 0. The van der Waals surface area contributed by atoms with Crippen LogP contribution >= 0.6 is 23.2 Å². The Morgan fingerprint density at radius 2 is 1.76 bits per heavy atom. The van der Waals surface area contributed by atoms with Gasteiger partial charge in [0.2, 0.25) is 0 Å². The number of nitrogens with one attached hydrogen (secondary N) is 1. The van der Waals surface area contributed by atoms with Gasteiger partial charge in [0.1, 0.15) is 0 Å². The molecule has 0 saturated heterocycles. The zero-order valence-corrected chi connectivity index (χ0v) is 13.4. The molecule has 0 spiro atoms. The molecule has 1 unspecified atom stereocenters. The van der Waals surface area contributed by atoms with Crippen molar-refractivity contribution in [2.45, 2.75) is 25.4 Å². The number of halogens is 2. The maximum absolute atomic E-state index is 9.67. The minimum absolute atomic E-state index is 0.0335. The Hall–Kier alpha value is -1.06. The van der Waals surface area contributed by atoms with E-state index in [9.17, 15) is 5.11 Å². The summed E-state index contributed by atoms with van der Waals surface area (Å²) in [7, 11) is 0. The molecule has 0 aliphatic rings. The lowest BCUT2D eigenvalue weighted by molar-refractivity contribution is 0.232. The van der Waals surface area contributed by atoms with Gasteiger partial charge < -0.3 is 10.4 Å². The molecule has 2 aromatic carbocycles. The molecule has 2 aromatic rings. The third kappa shape index (κ3) is 4.21. The molecular formula is C17H19Cl2NO. The Morgan fingerprint density at radius 3 is 2.33 bits per heavy atom. The predicted octanol–water partition coefficient (Wildman–Crippen LogP) is 4.77. The summed E-state index contributed by atoms with van der Waals surface area (Å²) < 4.78 is 0. The Bertz CT molecular complexity index is 574. The highest BCUT2D eigenvalue weighted by Crippen LogP contribution is 2.30. The number of aliphatic hydroxyl groups excluding tert-OH is 1. The molecular weight excluding hydrogens is 305 g/mol. The lowest BCUT2D eigenvalue weighted by Crippen LogP contribution is -2.28. The van der Waals surface area contributed by atoms with E-state index in [0.717, 1.165) is 17.5 Å². The van der Waals surface area contributed by atoms with Gasteiger partial charge in [0, 0.05) is 16.1 Å². The molecule has 0 bridgehead atoms. The second kappa shape index (κ2) is 7.81. The summed E-state index contributed by atoms with van der Waals surface area (Å²) >= 11 is 12.2. The zero-order chi connectivity index (χ0) is 15.2. The second-order valence-corrected chi connectivity index (χ2v) is 5.78. The molecule has 0 saturated carbocycles. The Labute approximate surface area is 135 Å². The van der Waals surface area contributed by atoms with E-state index >= 15 is 0 Å². The maximum atomic E-state index is 9.67. The van der Waals surface area contributed by atoms with Gasteiger partial charge in [-0.05, 0) is 29.7 Å². The highest BCUT2D eigenvalue weighted by Gasteiger charge is 2.18. The standard InChI is InChI=1S/C17H19Cl2NO/c1-2-16(14-9-8-13(18)10-15(14)19)20-17(11-21)12-6-4-3-5-7-12/h3-10,16-17,20-21H,2,11H2,1H3/t16?,17-/m0/s1. The van der Waals surface area contributed by atoms with Crippen LogP contribution in [0.4, 0.5) is 0 Å². The number of hydrogen-bond donors (Lipinski definition) is 2. The van der Waals surface area contributed by atoms with Gasteiger partial charge in [0.15, 0.2) is 0 Å². The first-order valence-electron chi connectivity index (χ1n) is 7.02. The average molecular weight is 324 g/mol. The third-order valence-electron chi connectivity index (χ3n) is 3.53. The fourth-order valence-electron chi connectivity index (χ4n) is 2.39. The topological polar surface area (TPSA) is 32.3 Å². The summed E-state index contributed by atoms with van der Waals surface area (Å²) in [4.78, 5) is 0. The van der Waals surface area contributed by atoms with Gasteiger partial charge in [0.25, 0.3) is 0 Å². The van der Waals surface area contributed by atoms with Crippen LogP contribution in [0, 0.1) is 0 Å². The predicted molar refractivity (Wildman–Crippen MR) is 88.9 cm³/mol. The largest absolute Gasteiger partial charge is 0.394 e. The van der Waals surface area contributed by atoms with Gasteiger partial charge >= 0.3 is 0 Å². The Balaban J connectivity index is 2.21. The van der Waals surface area contributed by atoms with Gasteiger partial charge in [0.05, 0.1) is 12.6 Å². The third-order valence-corrected chi connectivity index (χ3v) is 4.10. The fraction of sp³-hybridized carbons (Fsp3) is 0.294. The van der Waals surface area contributed by atoms with Crippen LogP contribution < -0.4 is 5.32 Å². The molecule has 0 fully saturated rings. The molecule has 0 radical (unpaired) electrons. The van der Waals surface area contributed by atoms with Crippen molar-refractivity contribution in [2.24, 2.45) is 0 Å². The molecule has 2 rings (SSSR count). The number of hydrogen-bond acceptors (Lipinski definition) is 2.